The van der Waals surface area contributed by atoms with Crippen molar-refractivity contribution >= 4 is 11.7 Å². The zero-order chi connectivity index (χ0) is 14.7. The number of nitrogens with two attached hydrogens (primary N) is 1. The number of hydrogen-bond donors (Lipinski definition) is 2. The molecule has 1 fully saturated rings. The molecule has 0 bridgehead atoms. The minimum absolute atomic E-state index is 0.0293. The largest absolute Gasteiger partial charge is 0.409 e. The van der Waals surface area contributed by atoms with Crippen LogP contribution in [0.3, 0.4) is 0 Å². The second-order valence-electron chi connectivity index (χ2n) is 5.43. The van der Waals surface area contributed by atoms with Gasteiger partial charge in [-0.3, -0.25) is 4.79 Å². The van der Waals surface area contributed by atoms with E-state index in [1.54, 1.807) is 4.90 Å². The molecule has 1 atom stereocenters. The van der Waals surface area contributed by atoms with Crippen LogP contribution in [-0.2, 0) is 0 Å². The van der Waals surface area contributed by atoms with Crippen molar-refractivity contribution in [1.82, 2.24) is 4.90 Å². The summed E-state index contributed by atoms with van der Waals surface area (Å²) in [6.07, 6.45) is 1.73. The highest BCUT2D eigenvalue weighted by Crippen LogP contribution is 2.20. The summed E-state index contributed by atoms with van der Waals surface area (Å²) in [5.41, 5.74) is 8.46. The molecule has 0 saturated carbocycles. The third kappa shape index (κ3) is 2.92. The molecule has 3 N–H and O–H groups in total. The molecule has 0 radical (unpaired) electrons. The summed E-state index contributed by atoms with van der Waals surface area (Å²) in [6.45, 7) is 5.16. The molecule has 1 heterocycles. The summed E-state index contributed by atoms with van der Waals surface area (Å²) >= 11 is 0. The van der Waals surface area contributed by atoms with Crippen molar-refractivity contribution in [2.45, 2.75) is 26.7 Å². The number of benzene rings is 1. The van der Waals surface area contributed by atoms with Crippen molar-refractivity contribution in [1.29, 1.82) is 0 Å². The van der Waals surface area contributed by atoms with Crippen molar-refractivity contribution in [3.05, 3.63) is 34.9 Å². The van der Waals surface area contributed by atoms with Crippen LogP contribution in [-0.4, -0.2) is 34.9 Å². The van der Waals surface area contributed by atoms with E-state index in [1.807, 2.05) is 32.0 Å². The highest BCUT2D eigenvalue weighted by Gasteiger charge is 2.27. The topological polar surface area (TPSA) is 78.9 Å². The van der Waals surface area contributed by atoms with Crippen molar-refractivity contribution in [2.75, 3.05) is 13.1 Å². The molecule has 1 aromatic carbocycles. The summed E-state index contributed by atoms with van der Waals surface area (Å²) in [5.74, 6) is 0.188. The fourth-order valence-electron chi connectivity index (χ4n) is 2.62. The second kappa shape index (κ2) is 5.94. The van der Waals surface area contributed by atoms with Gasteiger partial charge in [0.15, 0.2) is 0 Å². The maximum absolute atomic E-state index is 12.6. The zero-order valence-corrected chi connectivity index (χ0v) is 12.0. The molecule has 20 heavy (non-hydrogen) atoms. The Morgan fingerprint density at radius 2 is 2.20 bits per heavy atom. The molecule has 1 unspecified atom stereocenters. The highest BCUT2D eigenvalue weighted by molar-refractivity contribution is 5.96. The van der Waals surface area contributed by atoms with Gasteiger partial charge in [-0.05, 0) is 38.3 Å². The van der Waals surface area contributed by atoms with Crippen LogP contribution in [0.1, 0.15) is 34.3 Å². The number of likely N-dealkylation sites (tertiary alicyclic amines) is 1. The van der Waals surface area contributed by atoms with Crippen molar-refractivity contribution in [2.24, 2.45) is 16.8 Å². The van der Waals surface area contributed by atoms with E-state index >= 15 is 0 Å². The minimum Gasteiger partial charge on any atom is -0.409 e. The van der Waals surface area contributed by atoms with E-state index in [0.29, 0.717) is 6.54 Å². The first-order valence-electron chi connectivity index (χ1n) is 6.87. The van der Waals surface area contributed by atoms with Gasteiger partial charge in [-0.2, -0.15) is 0 Å². The second-order valence-corrected chi connectivity index (χ2v) is 5.43. The lowest BCUT2D eigenvalue weighted by atomic mass is 9.95. The van der Waals surface area contributed by atoms with Crippen LogP contribution in [0.25, 0.3) is 0 Å². The molecule has 0 spiro atoms. The molecule has 1 aliphatic heterocycles. The smallest absolute Gasteiger partial charge is 0.254 e. The van der Waals surface area contributed by atoms with Gasteiger partial charge in [0.2, 0.25) is 0 Å². The predicted octanol–water partition coefficient (Wildman–Crippen LogP) is 1.90. The summed E-state index contributed by atoms with van der Waals surface area (Å²) < 4.78 is 0. The van der Waals surface area contributed by atoms with Gasteiger partial charge in [0.05, 0.1) is 0 Å². The van der Waals surface area contributed by atoms with E-state index in [9.17, 15) is 4.79 Å². The van der Waals surface area contributed by atoms with Crippen LogP contribution in [0, 0.1) is 19.8 Å². The Morgan fingerprint density at radius 3 is 2.90 bits per heavy atom. The number of carbonyl (C=O) groups is 1. The Labute approximate surface area is 119 Å². The number of hydrogen-bond acceptors (Lipinski definition) is 3. The van der Waals surface area contributed by atoms with E-state index in [2.05, 4.69) is 5.16 Å². The Morgan fingerprint density at radius 1 is 1.45 bits per heavy atom. The summed E-state index contributed by atoms with van der Waals surface area (Å²) in [6, 6.07) is 5.89. The van der Waals surface area contributed by atoms with Crippen LogP contribution in [0.5, 0.6) is 0 Å². The number of aryl methyl sites for hydroxylation is 2. The number of nitrogens with zero attached hydrogens (tertiary/aromatic N) is 2. The number of rotatable bonds is 2. The third-order valence-electron chi connectivity index (χ3n) is 3.87. The maximum Gasteiger partial charge on any atom is 0.254 e. The molecule has 1 aromatic rings. The lowest BCUT2D eigenvalue weighted by Gasteiger charge is -2.32. The minimum atomic E-state index is -0.0529. The van der Waals surface area contributed by atoms with Crippen LogP contribution >= 0.6 is 0 Å². The fourth-order valence-corrected chi connectivity index (χ4v) is 2.62. The Hall–Kier alpha value is -2.04. The maximum atomic E-state index is 12.6. The summed E-state index contributed by atoms with van der Waals surface area (Å²) in [5, 5.41) is 11.8. The first-order valence-corrected chi connectivity index (χ1v) is 6.87. The molecule has 2 rings (SSSR count). The average molecular weight is 275 g/mol. The molecule has 5 heteroatoms. The van der Waals surface area contributed by atoms with Gasteiger partial charge >= 0.3 is 0 Å². The molecule has 1 saturated heterocycles. The van der Waals surface area contributed by atoms with Crippen molar-refractivity contribution in [3.8, 4) is 0 Å². The SMILES string of the molecule is Cc1ccc(C)c(C(=O)N2CCCC(C(N)=NO)C2)c1. The number of oxime groups is 1. The van der Waals surface area contributed by atoms with Crippen LogP contribution in [0.4, 0.5) is 0 Å². The number of carbonyl (C=O) groups excluding carboxylic acids is 1. The van der Waals surface area contributed by atoms with Crippen molar-refractivity contribution in [3.63, 3.8) is 0 Å². The Kier molecular flexibility index (Phi) is 4.27. The standard InChI is InChI=1S/C15H21N3O2/c1-10-5-6-11(2)13(8-10)15(19)18-7-3-4-12(9-18)14(16)17-20/h5-6,8,12,20H,3-4,7,9H2,1-2H3,(H2,16,17). The Bertz CT molecular complexity index is 540. The zero-order valence-electron chi connectivity index (χ0n) is 12.0. The van der Waals surface area contributed by atoms with Gasteiger partial charge < -0.3 is 15.8 Å². The molecule has 1 aliphatic rings. The van der Waals surface area contributed by atoms with Gasteiger partial charge in [0, 0.05) is 24.6 Å². The van der Waals surface area contributed by atoms with Gasteiger partial charge in [0.1, 0.15) is 5.84 Å². The monoisotopic (exact) mass is 275 g/mol. The quantitative estimate of drug-likeness (QED) is 0.374. The lowest BCUT2D eigenvalue weighted by Crippen LogP contribution is -2.44. The predicted molar refractivity (Wildman–Crippen MR) is 78.0 cm³/mol. The summed E-state index contributed by atoms with van der Waals surface area (Å²) in [4.78, 5) is 14.4. The fraction of sp³-hybridized carbons (Fsp3) is 0.467. The molecule has 1 amide bonds. The number of amides is 1. The Balaban J connectivity index is 2.18. The average Bonchev–Trinajstić information content (AvgIpc) is 2.48. The number of amidine groups is 1. The third-order valence-corrected chi connectivity index (χ3v) is 3.87. The van der Waals surface area contributed by atoms with Gasteiger partial charge in [-0.25, -0.2) is 0 Å². The van der Waals surface area contributed by atoms with Gasteiger partial charge in [-0.1, -0.05) is 22.9 Å². The van der Waals surface area contributed by atoms with E-state index in [0.717, 1.165) is 36.1 Å². The molecular formula is C15H21N3O2. The first-order chi connectivity index (χ1) is 9.52. The summed E-state index contributed by atoms with van der Waals surface area (Å²) in [7, 11) is 0. The first kappa shape index (κ1) is 14.4. The van der Waals surface area contributed by atoms with E-state index in [1.165, 1.54) is 0 Å². The highest BCUT2D eigenvalue weighted by atomic mass is 16.4. The molecule has 0 aromatic heterocycles. The molecule has 5 nitrogen and oxygen atoms in total. The molecule has 108 valence electrons. The molecule has 0 aliphatic carbocycles. The number of piperidine rings is 1. The van der Waals surface area contributed by atoms with Crippen molar-refractivity contribution < 1.29 is 10.0 Å². The van der Waals surface area contributed by atoms with Crippen LogP contribution < -0.4 is 5.73 Å². The van der Waals surface area contributed by atoms with Gasteiger partial charge in [0.25, 0.3) is 5.91 Å². The van der Waals surface area contributed by atoms with Crippen LogP contribution in [0.15, 0.2) is 23.4 Å². The van der Waals surface area contributed by atoms with E-state index in [4.69, 9.17) is 10.9 Å². The van der Waals surface area contributed by atoms with E-state index < -0.39 is 0 Å². The molecular weight excluding hydrogens is 254 g/mol. The van der Waals surface area contributed by atoms with Crippen LogP contribution in [0.2, 0.25) is 0 Å². The lowest BCUT2D eigenvalue weighted by molar-refractivity contribution is 0.0700. The van der Waals surface area contributed by atoms with Gasteiger partial charge in [-0.15, -0.1) is 0 Å². The van der Waals surface area contributed by atoms with E-state index in [-0.39, 0.29) is 17.7 Å². The normalized spacial score (nSPS) is 20.0.